The van der Waals surface area contributed by atoms with Crippen molar-refractivity contribution in [3.05, 3.63) is 11.5 Å². The maximum atomic E-state index is 9.00. The van der Waals surface area contributed by atoms with Gasteiger partial charge in [-0.25, -0.2) is 9.97 Å². The van der Waals surface area contributed by atoms with Crippen LogP contribution in [0, 0.1) is 0 Å². The van der Waals surface area contributed by atoms with E-state index in [1.54, 1.807) is 0 Å². The predicted molar refractivity (Wildman–Crippen MR) is 81.5 cm³/mol. The fourth-order valence-electron chi connectivity index (χ4n) is 2.67. The summed E-state index contributed by atoms with van der Waals surface area (Å²) >= 11 is 6.09. The highest BCUT2D eigenvalue weighted by Crippen LogP contribution is 2.30. The van der Waals surface area contributed by atoms with Crippen LogP contribution in [-0.2, 0) is 0 Å². The van der Waals surface area contributed by atoms with Crippen molar-refractivity contribution in [1.82, 2.24) is 14.9 Å². The molecule has 0 aromatic carbocycles. The molecule has 1 aromatic rings. The number of aromatic nitrogens is 2. The van der Waals surface area contributed by atoms with E-state index in [0.717, 1.165) is 44.0 Å². The second-order valence-electron chi connectivity index (χ2n) is 5.04. The van der Waals surface area contributed by atoms with Crippen LogP contribution in [0.4, 0.5) is 11.5 Å². The topological polar surface area (TPSA) is 64.5 Å². The molecule has 2 N–H and O–H groups in total. The zero-order chi connectivity index (χ0) is 14.5. The summed E-state index contributed by atoms with van der Waals surface area (Å²) in [5, 5.41) is 12.5. The first kappa shape index (κ1) is 15.3. The minimum Gasteiger partial charge on any atom is -0.395 e. The first-order chi connectivity index (χ1) is 9.67. The van der Waals surface area contributed by atoms with E-state index in [0.29, 0.717) is 11.2 Å². The van der Waals surface area contributed by atoms with Gasteiger partial charge in [0.05, 0.1) is 6.61 Å². The normalized spacial score (nSPS) is 16.8. The summed E-state index contributed by atoms with van der Waals surface area (Å²) in [6.07, 6.45) is 3.62. The number of hydrogen-bond acceptors (Lipinski definition) is 6. The van der Waals surface area contributed by atoms with E-state index in [1.807, 2.05) is 7.05 Å². The number of anilines is 2. The van der Waals surface area contributed by atoms with Crippen molar-refractivity contribution in [3.8, 4) is 0 Å². The zero-order valence-electron chi connectivity index (χ0n) is 12.0. The molecule has 2 rings (SSSR count). The molecular weight excluding hydrogens is 278 g/mol. The lowest BCUT2D eigenvalue weighted by molar-refractivity contribution is 0.161. The Morgan fingerprint density at radius 3 is 2.75 bits per heavy atom. The van der Waals surface area contributed by atoms with Crippen molar-refractivity contribution in [2.45, 2.75) is 18.9 Å². The summed E-state index contributed by atoms with van der Waals surface area (Å²) in [4.78, 5) is 12.8. The van der Waals surface area contributed by atoms with Gasteiger partial charge >= 0.3 is 0 Å². The molecule has 0 bridgehead atoms. The Labute approximate surface area is 124 Å². The molecule has 1 aliphatic heterocycles. The van der Waals surface area contributed by atoms with Crippen LogP contribution in [0.5, 0.6) is 0 Å². The van der Waals surface area contributed by atoms with E-state index >= 15 is 0 Å². The Balaban J connectivity index is 2.02. The van der Waals surface area contributed by atoms with Gasteiger partial charge in [0, 0.05) is 32.7 Å². The molecule has 0 saturated carbocycles. The summed E-state index contributed by atoms with van der Waals surface area (Å²) in [6.45, 7) is 2.80. The molecule has 1 aromatic heterocycles. The number of piperidine rings is 1. The van der Waals surface area contributed by atoms with Crippen molar-refractivity contribution < 1.29 is 5.11 Å². The van der Waals surface area contributed by atoms with Crippen LogP contribution in [0.25, 0.3) is 0 Å². The van der Waals surface area contributed by atoms with Crippen LogP contribution in [-0.4, -0.2) is 66.4 Å². The van der Waals surface area contributed by atoms with Crippen molar-refractivity contribution in [2.24, 2.45) is 0 Å². The molecule has 2 heterocycles. The summed E-state index contributed by atoms with van der Waals surface area (Å²) in [5.41, 5.74) is 0.788. The number of aliphatic hydroxyl groups excluding tert-OH is 1. The van der Waals surface area contributed by atoms with Gasteiger partial charge in [0.25, 0.3) is 0 Å². The van der Waals surface area contributed by atoms with Crippen LogP contribution in [0.3, 0.4) is 0 Å². The summed E-state index contributed by atoms with van der Waals surface area (Å²) in [5.74, 6) is 0.871. The van der Waals surface area contributed by atoms with E-state index < -0.39 is 0 Å². The minimum absolute atomic E-state index is 0.210. The molecule has 1 fully saturated rings. The SMILES string of the molecule is CNc1c(Cl)ncnc1N1CCC(N(C)CCO)CC1. The van der Waals surface area contributed by atoms with Crippen molar-refractivity contribution in [1.29, 1.82) is 0 Å². The highest BCUT2D eigenvalue weighted by molar-refractivity contribution is 6.32. The van der Waals surface area contributed by atoms with Gasteiger partial charge in [0.15, 0.2) is 11.0 Å². The third kappa shape index (κ3) is 3.31. The number of likely N-dealkylation sites (N-methyl/N-ethyl adjacent to an activating group) is 1. The number of nitrogens with one attached hydrogen (secondary N) is 1. The average molecular weight is 300 g/mol. The summed E-state index contributed by atoms with van der Waals surface area (Å²) < 4.78 is 0. The van der Waals surface area contributed by atoms with Gasteiger partial charge in [-0.2, -0.15) is 0 Å². The molecule has 1 saturated heterocycles. The van der Waals surface area contributed by atoms with E-state index in [2.05, 4.69) is 32.1 Å². The second-order valence-corrected chi connectivity index (χ2v) is 5.39. The summed E-state index contributed by atoms with van der Waals surface area (Å²) in [6, 6.07) is 0.522. The number of hydrogen-bond donors (Lipinski definition) is 2. The Kier molecular flexibility index (Phi) is 5.39. The van der Waals surface area contributed by atoms with Crippen molar-refractivity contribution in [3.63, 3.8) is 0 Å². The lowest BCUT2D eigenvalue weighted by Crippen LogP contribution is -2.44. The Morgan fingerprint density at radius 1 is 1.45 bits per heavy atom. The van der Waals surface area contributed by atoms with E-state index in [4.69, 9.17) is 16.7 Å². The highest BCUT2D eigenvalue weighted by Gasteiger charge is 2.24. The van der Waals surface area contributed by atoms with Gasteiger partial charge in [-0.15, -0.1) is 0 Å². The molecule has 0 radical (unpaired) electrons. The third-order valence-electron chi connectivity index (χ3n) is 3.87. The highest BCUT2D eigenvalue weighted by atomic mass is 35.5. The van der Waals surface area contributed by atoms with Crippen molar-refractivity contribution >= 4 is 23.1 Å². The van der Waals surface area contributed by atoms with E-state index in [9.17, 15) is 0 Å². The van der Waals surface area contributed by atoms with Crippen LogP contribution < -0.4 is 10.2 Å². The van der Waals surface area contributed by atoms with E-state index in [1.165, 1.54) is 6.33 Å². The number of rotatable bonds is 5. The maximum Gasteiger partial charge on any atom is 0.157 e. The van der Waals surface area contributed by atoms with Crippen LogP contribution in [0.2, 0.25) is 5.15 Å². The minimum atomic E-state index is 0.210. The molecule has 0 unspecified atom stereocenters. The molecule has 0 amide bonds. The van der Waals surface area contributed by atoms with Gasteiger partial charge in [0.1, 0.15) is 12.0 Å². The second kappa shape index (κ2) is 7.06. The molecule has 6 nitrogen and oxygen atoms in total. The van der Waals surface area contributed by atoms with Crippen LogP contribution in [0.15, 0.2) is 6.33 Å². The molecule has 7 heteroatoms. The lowest BCUT2D eigenvalue weighted by atomic mass is 10.0. The first-order valence-corrected chi connectivity index (χ1v) is 7.29. The zero-order valence-corrected chi connectivity index (χ0v) is 12.8. The Morgan fingerprint density at radius 2 is 2.15 bits per heavy atom. The molecule has 0 atom stereocenters. The Hall–Kier alpha value is -1.11. The number of aliphatic hydroxyl groups is 1. The maximum absolute atomic E-state index is 9.00. The standard InChI is InChI=1S/C13H22ClN5O/c1-15-11-12(14)16-9-17-13(11)19-5-3-10(4-6-19)18(2)7-8-20/h9-10,15,20H,3-8H2,1-2H3. The average Bonchev–Trinajstić information content (AvgIpc) is 2.47. The Bertz CT molecular complexity index is 437. The van der Waals surface area contributed by atoms with Gasteiger partial charge in [-0.1, -0.05) is 11.6 Å². The monoisotopic (exact) mass is 299 g/mol. The van der Waals surface area contributed by atoms with Crippen LogP contribution >= 0.6 is 11.6 Å². The number of halogens is 1. The van der Waals surface area contributed by atoms with Crippen molar-refractivity contribution in [2.75, 3.05) is 50.6 Å². The summed E-state index contributed by atoms with van der Waals surface area (Å²) in [7, 11) is 3.90. The molecule has 1 aliphatic rings. The quantitative estimate of drug-likeness (QED) is 0.793. The first-order valence-electron chi connectivity index (χ1n) is 6.91. The molecular formula is C13H22ClN5O. The smallest absolute Gasteiger partial charge is 0.157 e. The van der Waals surface area contributed by atoms with E-state index in [-0.39, 0.29) is 6.61 Å². The van der Waals surface area contributed by atoms with Gasteiger partial charge in [-0.3, -0.25) is 0 Å². The molecule has 112 valence electrons. The van der Waals surface area contributed by atoms with Gasteiger partial charge in [0.2, 0.25) is 0 Å². The lowest BCUT2D eigenvalue weighted by Gasteiger charge is -2.37. The van der Waals surface area contributed by atoms with Crippen LogP contribution in [0.1, 0.15) is 12.8 Å². The fourth-order valence-corrected chi connectivity index (χ4v) is 2.89. The molecule has 0 spiro atoms. The molecule has 0 aliphatic carbocycles. The fraction of sp³-hybridized carbons (Fsp3) is 0.692. The van der Waals surface area contributed by atoms with Gasteiger partial charge < -0.3 is 20.2 Å². The molecule has 20 heavy (non-hydrogen) atoms. The number of nitrogens with zero attached hydrogens (tertiary/aromatic N) is 4. The van der Waals surface area contributed by atoms with Gasteiger partial charge in [-0.05, 0) is 19.9 Å². The third-order valence-corrected chi connectivity index (χ3v) is 4.16. The largest absolute Gasteiger partial charge is 0.395 e. The predicted octanol–water partition coefficient (Wildman–Crippen LogP) is 1.06.